The Kier molecular flexibility index (Phi) is 8.79. The second-order valence-corrected chi connectivity index (χ2v) is 8.33. The third-order valence-electron chi connectivity index (χ3n) is 4.21. The second-order valence-electron chi connectivity index (χ2n) is 6.95. The Morgan fingerprint density at radius 3 is 2.79 bits per heavy atom. The van der Waals surface area contributed by atoms with E-state index in [1.165, 1.54) is 11.8 Å². The first-order valence-corrected chi connectivity index (χ1v) is 10.9. The van der Waals surface area contributed by atoms with E-state index in [-0.39, 0.29) is 29.4 Å². The summed E-state index contributed by atoms with van der Waals surface area (Å²) in [4.78, 5) is 29.7. The number of nitrogens with one attached hydrogen (secondary N) is 1. The lowest BCUT2D eigenvalue weighted by molar-refractivity contribution is -0.119. The molecule has 28 heavy (non-hydrogen) atoms. The largest absolute Gasteiger partial charge is 0.379 e. The predicted octanol–water partition coefficient (Wildman–Crippen LogP) is 3.87. The topological polar surface area (TPSA) is 73.2 Å². The Hall–Kier alpha value is -1.57. The molecule has 0 unspecified atom stereocenters. The summed E-state index contributed by atoms with van der Waals surface area (Å²) in [5, 5.41) is 4.48. The van der Waals surface area contributed by atoms with Gasteiger partial charge in [0, 0.05) is 24.2 Å². The van der Waals surface area contributed by atoms with Crippen LogP contribution < -0.4 is 10.9 Å². The van der Waals surface area contributed by atoms with E-state index in [4.69, 9.17) is 16.3 Å². The molecule has 0 aliphatic carbocycles. The van der Waals surface area contributed by atoms with Crippen molar-refractivity contribution < 1.29 is 9.53 Å². The molecule has 6 nitrogen and oxygen atoms in total. The molecule has 0 spiro atoms. The summed E-state index contributed by atoms with van der Waals surface area (Å²) >= 11 is 7.32. The summed E-state index contributed by atoms with van der Waals surface area (Å²) in [6.45, 7) is 8.97. The summed E-state index contributed by atoms with van der Waals surface area (Å²) in [5.74, 6) is 0.125. The number of benzene rings is 1. The maximum Gasteiger partial charge on any atom is 0.262 e. The maximum atomic E-state index is 13.0. The van der Waals surface area contributed by atoms with Gasteiger partial charge in [-0.25, -0.2) is 4.98 Å². The van der Waals surface area contributed by atoms with Gasteiger partial charge < -0.3 is 10.1 Å². The number of ether oxygens (including phenoxy) is 1. The van der Waals surface area contributed by atoms with E-state index in [1.807, 2.05) is 27.7 Å². The van der Waals surface area contributed by atoms with Crippen molar-refractivity contribution in [3.63, 3.8) is 0 Å². The van der Waals surface area contributed by atoms with Crippen molar-refractivity contribution in [3.8, 4) is 0 Å². The number of nitrogens with zero attached hydrogens (tertiary/aromatic N) is 2. The van der Waals surface area contributed by atoms with Crippen molar-refractivity contribution in [1.29, 1.82) is 0 Å². The van der Waals surface area contributed by atoms with E-state index in [1.54, 1.807) is 22.8 Å². The molecule has 1 aromatic heterocycles. The minimum atomic E-state index is -0.129. The highest BCUT2D eigenvalue weighted by molar-refractivity contribution is 7.99. The van der Waals surface area contributed by atoms with Gasteiger partial charge in [-0.15, -0.1) is 0 Å². The highest BCUT2D eigenvalue weighted by atomic mass is 35.5. The highest BCUT2D eigenvalue weighted by Gasteiger charge is 2.14. The number of amides is 1. The van der Waals surface area contributed by atoms with E-state index in [0.717, 1.165) is 6.42 Å². The predicted molar refractivity (Wildman–Crippen MR) is 115 cm³/mol. The number of halogens is 1. The van der Waals surface area contributed by atoms with Crippen LogP contribution in [0.25, 0.3) is 10.9 Å². The van der Waals surface area contributed by atoms with Crippen LogP contribution in [0.4, 0.5) is 0 Å². The fourth-order valence-electron chi connectivity index (χ4n) is 2.57. The lowest BCUT2D eigenvalue weighted by Crippen LogP contribution is -2.33. The van der Waals surface area contributed by atoms with E-state index >= 15 is 0 Å². The molecular formula is C20H28ClN3O3S. The number of thioether (sulfide) groups is 1. The van der Waals surface area contributed by atoms with E-state index in [9.17, 15) is 9.59 Å². The van der Waals surface area contributed by atoms with Gasteiger partial charge in [-0.3, -0.25) is 14.2 Å². The van der Waals surface area contributed by atoms with Gasteiger partial charge in [-0.1, -0.05) is 30.3 Å². The average molecular weight is 426 g/mol. The molecule has 1 atom stereocenters. The first-order chi connectivity index (χ1) is 13.3. The first kappa shape index (κ1) is 22.7. The van der Waals surface area contributed by atoms with Crippen LogP contribution in [0.1, 0.15) is 40.5 Å². The molecule has 0 saturated carbocycles. The van der Waals surface area contributed by atoms with Crippen LogP contribution in [0.3, 0.4) is 0 Å². The van der Waals surface area contributed by atoms with E-state index in [2.05, 4.69) is 10.3 Å². The number of hydrogen-bond donors (Lipinski definition) is 1. The molecule has 1 heterocycles. The van der Waals surface area contributed by atoms with Crippen molar-refractivity contribution in [2.75, 3.05) is 12.4 Å². The molecule has 0 aliphatic rings. The van der Waals surface area contributed by atoms with Gasteiger partial charge in [-0.05, 0) is 51.8 Å². The summed E-state index contributed by atoms with van der Waals surface area (Å²) in [5.41, 5.74) is 0.410. The van der Waals surface area contributed by atoms with Crippen LogP contribution in [0.15, 0.2) is 28.2 Å². The number of carbonyl (C=O) groups is 1. The molecule has 0 bridgehead atoms. The van der Waals surface area contributed by atoms with Crippen LogP contribution >= 0.6 is 23.4 Å². The van der Waals surface area contributed by atoms with Crippen LogP contribution in [0.2, 0.25) is 5.02 Å². The standard InChI is InChI=1S/C20H28ClN3O3S/c1-5-14(4)22-18(25)12-28-20-23-17-11-15(21)7-8-16(17)19(26)24(20)9-6-10-27-13(2)3/h7-8,11,13-14H,5-6,9-10,12H2,1-4H3,(H,22,25)/t14-/m1/s1. The van der Waals surface area contributed by atoms with Crippen LogP contribution in [-0.2, 0) is 16.1 Å². The molecule has 1 N–H and O–H groups in total. The molecule has 1 amide bonds. The molecule has 8 heteroatoms. The average Bonchev–Trinajstić information content (AvgIpc) is 2.64. The molecule has 0 saturated heterocycles. The third kappa shape index (κ3) is 6.50. The van der Waals surface area contributed by atoms with Gasteiger partial charge in [0.15, 0.2) is 5.16 Å². The summed E-state index contributed by atoms with van der Waals surface area (Å²) < 4.78 is 7.20. The van der Waals surface area contributed by atoms with Gasteiger partial charge in [-0.2, -0.15) is 0 Å². The third-order valence-corrected chi connectivity index (χ3v) is 5.42. The minimum Gasteiger partial charge on any atom is -0.379 e. The minimum absolute atomic E-state index is 0.0746. The normalized spacial score (nSPS) is 12.5. The van der Waals surface area contributed by atoms with Gasteiger partial charge in [0.05, 0.1) is 22.8 Å². The van der Waals surface area contributed by atoms with Crippen LogP contribution in [-0.4, -0.2) is 40.0 Å². The van der Waals surface area contributed by atoms with Gasteiger partial charge in [0.1, 0.15) is 0 Å². The SMILES string of the molecule is CC[C@@H](C)NC(=O)CSc1nc2cc(Cl)ccc2c(=O)n1CCCOC(C)C. The molecule has 0 aliphatic heterocycles. The molecule has 0 radical (unpaired) electrons. The van der Waals surface area contributed by atoms with Crippen molar-refractivity contribution in [3.05, 3.63) is 33.6 Å². The molecular weight excluding hydrogens is 398 g/mol. The Labute approximate surface area is 175 Å². The quantitative estimate of drug-likeness (QED) is 0.355. The Balaban J connectivity index is 2.25. The van der Waals surface area contributed by atoms with E-state index < -0.39 is 0 Å². The summed E-state index contributed by atoms with van der Waals surface area (Å²) in [6.07, 6.45) is 1.70. The van der Waals surface area contributed by atoms with Crippen molar-refractivity contribution in [2.24, 2.45) is 0 Å². The van der Waals surface area contributed by atoms with Crippen molar-refractivity contribution in [1.82, 2.24) is 14.9 Å². The van der Waals surface area contributed by atoms with Crippen LogP contribution in [0.5, 0.6) is 0 Å². The zero-order valence-electron chi connectivity index (χ0n) is 16.8. The Morgan fingerprint density at radius 1 is 1.36 bits per heavy atom. The highest BCUT2D eigenvalue weighted by Crippen LogP contribution is 2.20. The number of carbonyl (C=O) groups excluding carboxylic acids is 1. The number of hydrogen-bond acceptors (Lipinski definition) is 5. The number of fused-ring (bicyclic) bond motifs is 1. The first-order valence-electron chi connectivity index (χ1n) is 9.55. The van der Waals surface area contributed by atoms with Gasteiger partial charge >= 0.3 is 0 Å². The fourth-order valence-corrected chi connectivity index (χ4v) is 3.57. The maximum absolute atomic E-state index is 13.0. The molecule has 1 aromatic carbocycles. The Morgan fingerprint density at radius 2 is 2.11 bits per heavy atom. The van der Waals surface area contributed by atoms with Crippen molar-refractivity contribution in [2.45, 2.75) is 64.4 Å². The smallest absolute Gasteiger partial charge is 0.262 e. The van der Waals surface area contributed by atoms with Gasteiger partial charge in [0.25, 0.3) is 5.56 Å². The molecule has 0 fully saturated rings. The molecule has 2 rings (SSSR count). The van der Waals surface area contributed by atoms with Crippen LogP contribution in [0, 0.1) is 0 Å². The van der Waals surface area contributed by atoms with Crippen molar-refractivity contribution >= 4 is 40.2 Å². The van der Waals surface area contributed by atoms with Gasteiger partial charge in [0.2, 0.25) is 5.91 Å². The fraction of sp³-hybridized carbons (Fsp3) is 0.550. The molecule has 2 aromatic rings. The number of aromatic nitrogens is 2. The monoisotopic (exact) mass is 425 g/mol. The number of rotatable bonds is 10. The second kappa shape index (κ2) is 10.8. The van der Waals surface area contributed by atoms with E-state index in [0.29, 0.717) is 40.7 Å². The lowest BCUT2D eigenvalue weighted by atomic mass is 10.2. The summed E-state index contributed by atoms with van der Waals surface area (Å²) in [6, 6.07) is 5.17. The lowest BCUT2D eigenvalue weighted by Gasteiger charge is -2.15. The Bertz CT molecular complexity index is 870. The summed E-state index contributed by atoms with van der Waals surface area (Å²) in [7, 11) is 0. The zero-order valence-corrected chi connectivity index (χ0v) is 18.4. The molecule has 154 valence electrons. The zero-order chi connectivity index (χ0) is 20.7.